The Morgan fingerprint density at radius 1 is 1.10 bits per heavy atom. The van der Waals surface area contributed by atoms with Crippen molar-refractivity contribution in [3.63, 3.8) is 0 Å². The van der Waals surface area contributed by atoms with Gasteiger partial charge in [-0.25, -0.2) is 0 Å². The van der Waals surface area contributed by atoms with E-state index in [1.165, 1.54) is 0 Å². The first-order chi connectivity index (χ1) is 9.40. The minimum absolute atomic E-state index is 0.258. The van der Waals surface area contributed by atoms with Crippen LogP contribution in [0.3, 0.4) is 0 Å². The number of nitrogens with two attached hydrogens (primary N) is 1. The van der Waals surface area contributed by atoms with Gasteiger partial charge in [-0.3, -0.25) is 0 Å². The third-order valence-electron chi connectivity index (χ3n) is 2.79. The molecule has 3 N–H and O–H groups in total. The molecule has 0 aromatic heterocycles. The monoisotopic (exact) mass is 344 g/mol. The van der Waals surface area contributed by atoms with Crippen LogP contribution in [0.25, 0.3) is 0 Å². The van der Waals surface area contributed by atoms with Crippen molar-refractivity contribution in [1.29, 1.82) is 0 Å². The normalized spacial score (nSPS) is 10.4. The van der Waals surface area contributed by atoms with Crippen molar-refractivity contribution in [3.05, 3.63) is 56.5 Å². The highest BCUT2D eigenvalue weighted by Crippen LogP contribution is 2.35. The number of aryl methyl sites for hydroxylation is 1. The van der Waals surface area contributed by atoms with Gasteiger partial charge in [0, 0.05) is 11.3 Å². The number of nitrogens with one attached hydrogen (secondary N) is 1. The lowest BCUT2D eigenvalue weighted by Crippen LogP contribution is -2.10. The second-order valence-electron chi connectivity index (χ2n) is 4.24. The minimum atomic E-state index is 0.258. The van der Waals surface area contributed by atoms with Gasteiger partial charge in [0.15, 0.2) is 0 Å². The molecule has 20 heavy (non-hydrogen) atoms. The molecule has 0 saturated heterocycles. The Hall–Kier alpha value is -1.000. The predicted octanol–water partition coefficient (Wildman–Crippen LogP) is 5.33. The minimum Gasteiger partial charge on any atom is -0.389 e. The summed E-state index contributed by atoms with van der Waals surface area (Å²) in [5.74, 6) is 0. The van der Waals surface area contributed by atoms with Gasteiger partial charge in [-0.1, -0.05) is 53.1 Å². The van der Waals surface area contributed by atoms with E-state index in [2.05, 4.69) is 5.32 Å². The number of halogens is 3. The summed E-state index contributed by atoms with van der Waals surface area (Å²) in [4.78, 5) is 0.258. The van der Waals surface area contributed by atoms with Crippen molar-refractivity contribution in [3.8, 4) is 0 Å². The fourth-order valence-corrected chi connectivity index (χ4v) is 2.69. The topological polar surface area (TPSA) is 38.0 Å². The lowest BCUT2D eigenvalue weighted by Gasteiger charge is -2.13. The highest BCUT2D eigenvalue weighted by atomic mass is 35.5. The zero-order valence-corrected chi connectivity index (χ0v) is 13.6. The van der Waals surface area contributed by atoms with E-state index in [0.717, 1.165) is 11.3 Å². The highest BCUT2D eigenvalue weighted by molar-refractivity contribution is 7.80. The number of rotatable bonds is 3. The lowest BCUT2D eigenvalue weighted by atomic mass is 10.2. The second kappa shape index (κ2) is 6.19. The van der Waals surface area contributed by atoms with Crippen molar-refractivity contribution < 1.29 is 0 Å². The van der Waals surface area contributed by atoms with Crippen LogP contribution in [0, 0.1) is 6.92 Å². The molecule has 0 unspecified atom stereocenters. The fourth-order valence-electron chi connectivity index (χ4n) is 1.71. The Morgan fingerprint density at radius 3 is 2.40 bits per heavy atom. The maximum Gasteiger partial charge on any atom is 0.105 e. The molecule has 0 bridgehead atoms. The zero-order chi connectivity index (χ0) is 14.9. The van der Waals surface area contributed by atoms with Gasteiger partial charge < -0.3 is 11.1 Å². The van der Waals surface area contributed by atoms with Gasteiger partial charge in [-0.15, -0.1) is 0 Å². The van der Waals surface area contributed by atoms with E-state index in [-0.39, 0.29) is 4.99 Å². The first-order valence-corrected chi connectivity index (χ1v) is 7.25. The highest BCUT2D eigenvalue weighted by Gasteiger charge is 2.10. The predicted molar refractivity (Wildman–Crippen MR) is 91.8 cm³/mol. The van der Waals surface area contributed by atoms with Gasteiger partial charge >= 0.3 is 0 Å². The molecule has 0 fully saturated rings. The molecule has 0 heterocycles. The summed E-state index contributed by atoms with van der Waals surface area (Å²) >= 11 is 23.4. The molecule has 2 nitrogen and oxygen atoms in total. The van der Waals surface area contributed by atoms with Crippen LogP contribution in [0.2, 0.25) is 15.1 Å². The summed E-state index contributed by atoms with van der Waals surface area (Å²) < 4.78 is 0. The van der Waals surface area contributed by atoms with Crippen molar-refractivity contribution >= 4 is 63.4 Å². The quantitative estimate of drug-likeness (QED) is 0.738. The molecule has 0 aliphatic carbocycles. The maximum absolute atomic E-state index is 6.25. The molecule has 104 valence electrons. The van der Waals surface area contributed by atoms with Crippen molar-refractivity contribution in [2.24, 2.45) is 5.73 Å². The summed E-state index contributed by atoms with van der Waals surface area (Å²) in [7, 11) is 0. The Kier molecular flexibility index (Phi) is 4.76. The largest absolute Gasteiger partial charge is 0.389 e. The van der Waals surface area contributed by atoms with Crippen LogP contribution in [0.1, 0.15) is 11.1 Å². The molecule has 2 rings (SSSR count). The van der Waals surface area contributed by atoms with Crippen LogP contribution in [-0.2, 0) is 0 Å². The van der Waals surface area contributed by atoms with Crippen LogP contribution in [0.15, 0.2) is 30.3 Å². The van der Waals surface area contributed by atoms with Gasteiger partial charge in [0.1, 0.15) is 4.99 Å². The third-order valence-corrected chi connectivity index (χ3v) is 4.12. The fraction of sp³-hybridized carbons (Fsp3) is 0.0714. The third kappa shape index (κ3) is 3.18. The van der Waals surface area contributed by atoms with Crippen LogP contribution in [0.4, 0.5) is 11.4 Å². The van der Waals surface area contributed by atoms with Crippen LogP contribution in [0.5, 0.6) is 0 Å². The number of hydrogen-bond acceptors (Lipinski definition) is 2. The first-order valence-electron chi connectivity index (χ1n) is 5.71. The van der Waals surface area contributed by atoms with Gasteiger partial charge in [-0.05, 0) is 36.8 Å². The van der Waals surface area contributed by atoms with Gasteiger partial charge in [0.25, 0.3) is 0 Å². The smallest absolute Gasteiger partial charge is 0.105 e. The van der Waals surface area contributed by atoms with E-state index in [9.17, 15) is 0 Å². The van der Waals surface area contributed by atoms with Crippen LogP contribution >= 0.6 is 47.0 Å². The first kappa shape index (κ1) is 15.4. The Labute approximate surface area is 137 Å². The number of hydrogen-bond donors (Lipinski definition) is 2. The Morgan fingerprint density at radius 2 is 1.80 bits per heavy atom. The molecule has 2 aromatic rings. The molecule has 0 aliphatic heterocycles. The van der Waals surface area contributed by atoms with E-state index in [0.29, 0.717) is 26.3 Å². The molecular weight excluding hydrogens is 335 g/mol. The number of thiocarbonyl (C=S) groups is 1. The van der Waals surface area contributed by atoms with E-state index in [1.807, 2.05) is 19.1 Å². The number of anilines is 2. The van der Waals surface area contributed by atoms with E-state index < -0.39 is 0 Å². The summed E-state index contributed by atoms with van der Waals surface area (Å²) in [5, 5.41) is 4.74. The van der Waals surface area contributed by atoms with Gasteiger partial charge in [-0.2, -0.15) is 0 Å². The second-order valence-corrected chi connectivity index (χ2v) is 5.87. The van der Waals surface area contributed by atoms with Crippen molar-refractivity contribution in [2.45, 2.75) is 6.92 Å². The molecular formula is C14H11Cl3N2S. The van der Waals surface area contributed by atoms with Crippen molar-refractivity contribution in [1.82, 2.24) is 0 Å². The average molecular weight is 346 g/mol. The average Bonchev–Trinajstić information content (AvgIpc) is 2.39. The molecule has 0 saturated carbocycles. The van der Waals surface area contributed by atoms with Crippen LogP contribution in [-0.4, -0.2) is 4.99 Å². The standard InChI is InChI=1S/C14H11Cl3N2S/c1-7-2-5-10(15)13(12(7)17)19-8-3-4-9(14(18)20)11(16)6-8/h2-6,19H,1H3,(H2,18,20). The molecule has 2 aromatic carbocycles. The summed E-state index contributed by atoms with van der Waals surface area (Å²) in [6.45, 7) is 1.91. The molecule has 6 heteroatoms. The lowest BCUT2D eigenvalue weighted by molar-refractivity contribution is 1.45. The SMILES string of the molecule is Cc1ccc(Cl)c(Nc2ccc(C(N)=S)c(Cl)c2)c1Cl. The Bertz CT molecular complexity index is 686. The van der Waals surface area contributed by atoms with Gasteiger partial charge in [0.2, 0.25) is 0 Å². The van der Waals surface area contributed by atoms with E-state index in [1.54, 1.807) is 18.2 Å². The van der Waals surface area contributed by atoms with Gasteiger partial charge in [0.05, 0.1) is 20.8 Å². The van der Waals surface area contributed by atoms with E-state index >= 15 is 0 Å². The van der Waals surface area contributed by atoms with Crippen LogP contribution < -0.4 is 11.1 Å². The molecule has 0 spiro atoms. The summed E-state index contributed by atoms with van der Waals surface area (Å²) in [6.07, 6.45) is 0. The van der Waals surface area contributed by atoms with Crippen molar-refractivity contribution in [2.75, 3.05) is 5.32 Å². The molecule has 0 radical (unpaired) electrons. The van der Waals surface area contributed by atoms with E-state index in [4.69, 9.17) is 52.8 Å². The number of benzene rings is 2. The Balaban J connectivity index is 2.39. The maximum atomic E-state index is 6.25. The summed E-state index contributed by atoms with van der Waals surface area (Å²) in [5.41, 5.74) is 8.54. The molecule has 0 amide bonds. The zero-order valence-electron chi connectivity index (χ0n) is 10.5. The molecule has 0 aliphatic rings. The summed E-state index contributed by atoms with van der Waals surface area (Å²) in [6, 6.07) is 8.94. The molecule has 0 atom stereocenters.